The van der Waals surface area contributed by atoms with Crippen LogP contribution < -0.4 is 16.5 Å². The number of ether oxygens (including phenoxy) is 2. The van der Waals surface area contributed by atoms with Crippen molar-refractivity contribution in [2.75, 3.05) is 40.4 Å². The van der Waals surface area contributed by atoms with Crippen molar-refractivity contribution >= 4 is 46.1 Å². The van der Waals surface area contributed by atoms with Crippen LogP contribution in [-0.2, 0) is 43.2 Å². The summed E-state index contributed by atoms with van der Waals surface area (Å²) in [5, 5.41) is 8.16. The van der Waals surface area contributed by atoms with E-state index in [-0.39, 0.29) is 37.1 Å². The van der Waals surface area contributed by atoms with Gasteiger partial charge in [-0.15, -0.1) is 11.3 Å². The third-order valence-corrected chi connectivity index (χ3v) is 13.3. The molecule has 328 valence electrons. The van der Waals surface area contributed by atoms with Crippen LogP contribution in [0.1, 0.15) is 83.2 Å². The first-order valence-corrected chi connectivity index (χ1v) is 22.4. The van der Waals surface area contributed by atoms with E-state index in [1.807, 2.05) is 32.2 Å². The number of nitrogens with one attached hydrogen (secondary N) is 2. The zero-order chi connectivity index (χ0) is 43.7. The average molecular weight is 856 g/mol. The first-order chi connectivity index (χ1) is 29.2. The summed E-state index contributed by atoms with van der Waals surface area (Å²) in [5.41, 5.74) is 15.3. The van der Waals surface area contributed by atoms with E-state index < -0.39 is 41.3 Å². The molecule has 6 heterocycles. The van der Waals surface area contributed by atoms with Gasteiger partial charge in [-0.2, -0.15) is 0 Å². The van der Waals surface area contributed by atoms with Crippen molar-refractivity contribution in [2.24, 2.45) is 17.1 Å². The van der Waals surface area contributed by atoms with Gasteiger partial charge in [0.25, 0.3) is 5.91 Å². The third kappa shape index (κ3) is 8.90. The number of likely N-dealkylation sites (N-methyl/N-ethyl adjacent to an activating group) is 1. The molecule has 4 aromatic rings. The molecule has 0 spiro atoms. The number of likely N-dealkylation sites (tertiary alicyclic amines) is 1. The lowest BCUT2D eigenvalue weighted by molar-refractivity contribution is -0.155. The monoisotopic (exact) mass is 855 g/mol. The standard InChI is InChI=1S/C45H61N9O6S/c1-9-52-36-15-14-28-20-31(36)32(40(52)30-12-10-17-47-38(30)27(4)59-8)22-45(5,6)25-60-43(57)33-13-11-18-54(50-33)42(56)34(21-37-48-35(28)24-61-37)49-41(55)39(26(2)3)51(7)44(58)53-19-16-29(53)23-46/h10,12,14-15,17,20,24,26-27,29,33-34,39,50H,9,11,13,16,18-19,21-23,25,46H2,1-8H3,(H,49,55)/t27-,29+,33-,34-,39?/m0/s1. The molecule has 16 heteroatoms. The summed E-state index contributed by atoms with van der Waals surface area (Å²) in [4.78, 5) is 69.2. The molecule has 3 aliphatic heterocycles. The number of benzene rings is 1. The minimum Gasteiger partial charge on any atom is -0.464 e. The van der Waals surface area contributed by atoms with Crippen LogP contribution in [0.2, 0.25) is 0 Å². The number of nitrogens with zero attached hydrogens (tertiary/aromatic N) is 6. The predicted octanol–water partition coefficient (Wildman–Crippen LogP) is 5.31. The van der Waals surface area contributed by atoms with Gasteiger partial charge in [-0.05, 0) is 75.3 Å². The molecule has 2 saturated heterocycles. The highest BCUT2D eigenvalue weighted by Crippen LogP contribution is 2.42. The molecule has 0 saturated carbocycles. The second-order valence-electron chi connectivity index (χ2n) is 17.7. The zero-order valence-electron chi connectivity index (χ0n) is 36.7. The first kappa shape index (κ1) is 44.2. The number of aromatic nitrogens is 3. The number of cyclic esters (lactones) is 1. The lowest BCUT2D eigenvalue weighted by Crippen LogP contribution is -2.64. The predicted molar refractivity (Wildman–Crippen MR) is 235 cm³/mol. The molecule has 15 nitrogen and oxygen atoms in total. The van der Waals surface area contributed by atoms with E-state index in [1.54, 1.807) is 25.3 Å². The molecule has 0 aliphatic carbocycles. The van der Waals surface area contributed by atoms with Crippen molar-refractivity contribution in [1.29, 1.82) is 0 Å². The number of rotatable bonds is 9. The lowest BCUT2D eigenvalue weighted by Gasteiger charge is -2.44. The number of hydrogen-bond donors (Lipinski definition) is 3. The molecule has 6 bridgehead atoms. The van der Waals surface area contributed by atoms with Crippen molar-refractivity contribution in [3.63, 3.8) is 0 Å². The number of carbonyl (C=O) groups is 4. The van der Waals surface area contributed by atoms with Gasteiger partial charge in [0.1, 0.15) is 18.1 Å². The third-order valence-electron chi connectivity index (χ3n) is 12.4. The van der Waals surface area contributed by atoms with Crippen molar-refractivity contribution in [3.05, 3.63) is 58.2 Å². The van der Waals surface area contributed by atoms with Gasteiger partial charge in [0.15, 0.2) is 0 Å². The van der Waals surface area contributed by atoms with E-state index in [1.165, 1.54) is 21.2 Å². The number of thiazole rings is 1. The highest BCUT2D eigenvalue weighted by Gasteiger charge is 2.41. The minimum absolute atomic E-state index is 0.0659. The van der Waals surface area contributed by atoms with Crippen LogP contribution in [0.3, 0.4) is 0 Å². The van der Waals surface area contributed by atoms with Gasteiger partial charge in [-0.1, -0.05) is 33.8 Å². The number of nitrogens with two attached hydrogens (primary N) is 1. The number of esters is 1. The number of amides is 4. The van der Waals surface area contributed by atoms with Crippen LogP contribution in [0.15, 0.2) is 41.9 Å². The Morgan fingerprint density at radius 3 is 2.64 bits per heavy atom. The number of hydrazine groups is 1. The Labute approximate surface area is 362 Å². The van der Waals surface area contributed by atoms with Gasteiger partial charge in [-0.3, -0.25) is 24.4 Å². The Kier molecular flexibility index (Phi) is 13.2. The van der Waals surface area contributed by atoms with E-state index in [0.29, 0.717) is 50.4 Å². The Morgan fingerprint density at radius 1 is 1.16 bits per heavy atom. The Balaban J connectivity index is 1.30. The van der Waals surface area contributed by atoms with Crippen LogP contribution in [0.4, 0.5) is 4.79 Å². The summed E-state index contributed by atoms with van der Waals surface area (Å²) < 4.78 is 14.2. The Hall–Kier alpha value is -4.90. The SMILES string of the molecule is CCn1c(-c2cccnc2[C@H](C)OC)c2c3cc(ccc31)-c1csc(n1)C[C@H](NC(=O)C(C(C)C)N(C)C(=O)N1CC[C@@H]1CN)C(=O)N1CCC[C@H](N1)C(=O)OCC(C)(C)C2. The van der Waals surface area contributed by atoms with Crippen molar-refractivity contribution in [3.8, 4) is 22.5 Å². The molecular formula is C45H61N9O6S. The Bertz CT molecular complexity index is 2270. The number of urea groups is 1. The number of carbonyl (C=O) groups excluding carboxylic acids is 4. The second-order valence-corrected chi connectivity index (χ2v) is 18.7. The molecule has 4 N–H and O–H groups in total. The van der Waals surface area contributed by atoms with Crippen molar-refractivity contribution in [2.45, 2.75) is 110 Å². The van der Waals surface area contributed by atoms with Gasteiger partial charge < -0.3 is 34.9 Å². The van der Waals surface area contributed by atoms with Crippen LogP contribution in [0.5, 0.6) is 0 Å². The second kappa shape index (κ2) is 18.2. The largest absolute Gasteiger partial charge is 0.464 e. The van der Waals surface area contributed by atoms with Gasteiger partial charge in [-0.25, -0.2) is 15.2 Å². The number of hydrogen-bond acceptors (Lipinski definition) is 11. The topological polar surface area (TPSA) is 177 Å². The number of methoxy groups -OCH3 is 1. The number of aryl methyl sites for hydroxylation is 1. The van der Waals surface area contributed by atoms with Crippen molar-refractivity contribution in [1.82, 2.24) is 40.1 Å². The fourth-order valence-corrected chi connectivity index (χ4v) is 9.86. The molecule has 61 heavy (non-hydrogen) atoms. The first-order valence-electron chi connectivity index (χ1n) is 21.5. The molecule has 2 fully saturated rings. The Morgan fingerprint density at radius 2 is 1.95 bits per heavy atom. The van der Waals surface area contributed by atoms with Crippen LogP contribution in [0, 0.1) is 11.3 Å². The summed E-state index contributed by atoms with van der Waals surface area (Å²) in [5.74, 6) is -1.56. The van der Waals surface area contributed by atoms with E-state index in [0.717, 1.165) is 51.1 Å². The maximum absolute atomic E-state index is 14.5. The average Bonchev–Trinajstić information content (AvgIpc) is 3.82. The highest BCUT2D eigenvalue weighted by atomic mass is 32.1. The maximum atomic E-state index is 14.5. The molecule has 1 aromatic carbocycles. The van der Waals surface area contributed by atoms with Crippen LogP contribution in [-0.4, -0.2) is 118 Å². The minimum atomic E-state index is -1.05. The van der Waals surface area contributed by atoms with Gasteiger partial charge in [0.2, 0.25) is 5.91 Å². The number of fused-ring (bicyclic) bond motifs is 6. The quantitative estimate of drug-likeness (QED) is 0.187. The maximum Gasteiger partial charge on any atom is 0.324 e. The summed E-state index contributed by atoms with van der Waals surface area (Å²) in [7, 11) is 3.31. The van der Waals surface area contributed by atoms with Gasteiger partial charge >= 0.3 is 12.0 Å². The van der Waals surface area contributed by atoms with Crippen LogP contribution in [0.25, 0.3) is 33.4 Å². The normalized spacial score (nSPS) is 21.7. The fourth-order valence-electron chi connectivity index (χ4n) is 9.01. The van der Waals surface area contributed by atoms with Crippen molar-refractivity contribution < 1.29 is 28.7 Å². The van der Waals surface area contributed by atoms with E-state index in [9.17, 15) is 19.2 Å². The molecule has 3 aromatic heterocycles. The van der Waals surface area contributed by atoms with Crippen LogP contribution >= 0.6 is 11.3 Å². The molecule has 4 amide bonds. The summed E-state index contributed by atoms with van der Waals surface area (Å²) in [6.45, 7) is 14.2. The van der Waals surface area contributed by atoms with Gasteiger partial charge in [0, 0.05) is 91.8 Å². The lowest BCUT2D eigenvalue weighted by atomic mass is 9.84. The van der Waals surface area contributed by atoms with E-state index in [4.69, 9.17) is 25.2 Å². The summed E-state index contributed by atoms with van der Waals surface area (Å²) in [6.07, 6.45) is 4.10. The molecular weight excluding hydrogens is 795 g/mol. The molecule has 5 atom stereocenters. The van der Waals surface area contributed by atoms with E-state index >= 15 is 0 Å². The summed E-state index contributed by atoms with van der Waals surface area (Å²) in [6, 6.07) is 7.43. The zero-order valence-corrected chi connectivity index (χ0v) is 37.5. The fraction of sp³-hybridized carbons (Fsp3) is 0.556. The smallest absolute Gasteiger partial charge is 0.324 e. The van der Waals surface area contributed by atoms with Gasteiger partial charge in [0.05, 0.1) is 34.8 Å². The molecule has 0 radical (unpaired) electrons. The summed E-state index contributed by atoms with van der Waals surface area (Å²) >= 11 is 1.42. The molecule has 3 aliphatic rings. The highest BCUT2D eigenvalue weighted by molar-refractivity contribution is 7.10. The van der Waals surface area contributed by atoms with E-state index in [2.05, 4.69) is 60.3 Å². The molecule has 7 rings (SSSR count). The number of pyridine rings is 1. The molecule has 1 unspecified atom stereocenters.